The van der Waals surface area contributed by atoms with Crippen molar-refractivity contribution in [3.63, 3.8) is 0 Å². The number of hydrogen-bond donors (Lipinski definition) is 1. The Hall–Kier alpha value is -1.06. The van der Waals surface area contributed by atoms with E-state index in [0.717, 1.165) is 40.9 Å². The van der Waals surface area contributed by atoms with Crippen molar-refractivity contribution in [1.29, 1.82) is 0 Å². The van der Waals surface area contributed by atoms with Crippen molar-refractivity contribution in [2.75, 3.05) is 6.54 Å². The molecule has 1 heterocycles. The highest BCUT2D eigenvalue weighted by Gasteiger charge is 2.13. The third-order valence-corrected chi connectivity index (χ3v) is 3.68. The molecule has 0 aliphatic rings. The molecule has 2 rings (SSSR count). The fourth-order valence-electron chi connectivity index (χ4n) is 2.07. The Balaban J connectivity index is 2.15. The Morgan fingerprint density at radius 3 is 2.47 bits per heavy atom. The summed E-state index contributed by atoms with van der Waals surface area (Å²) in [4.78, 5) is 0. The highest BCUT2D eigenvalue weighted by molar-refractivity contribution is 9.10. The van der Waals surface area contributed by atoms with Crippen LogP contribution in [-0.4, -0.2) is 6.54 Å². The van der Waals surface area contributed by atoms with Crippen LogP contribution in [0.15, 0.2) is 45.3 Å². The van der Waals surface area contributed by atoms with E-state index in [1.54, 1.807) is 0 Å². The monoisotopic (exact) mass is 321 g/mol. The molecular formula is C16H20BrNO. The molecule has 1 atom stereocenters. The maximum absolute atomic E-state index is 5.98. The van der Waals surface area contributed by atoms with Gasteiger partial charge < -0.3 is 9.73 Å². The molecule has 0 fully saturated rings. The quantitative estimate of drug-likeness (QED) is 0.795. The van der Waals surface area contributed by atoms with Gasteiger partial charge >= 0.3 is 0 Å². The Morgan fingerprint density at radius 2 is 1.84 bits per heavy atom. The average molecular weight is 322 g/mol. The van der Waals surface area contributed by atoms with Gasteiger partial charge in [0, 0.05) is 10.0 Å². The van der Waals surface area contributed by atoms with Gasteiger partial charge in [-0.1, -0.05) is 41.9 Å². The largest absolute Gasteiger partial charge is 0.459 e. The maximum atomic E-state index is 5.98. The lowest BCUT2D eigenvalue weighted by atomic mass is 10.1. The molecule has 1 unspecified atom stereocenters. The van der Waals surface area contributed by atoms with Crippen molar-refractivity contribution in [2.45, 2.75) is 32.7 Å². The molecule has 2 nitrogen and oxygen atoms in total. The molecule has 1 aromatic heterocycles. The summed E-state index contributed by atoms with van der Waals surface area (Å²) < 4.78 is 7.06. The van der Waals surface area contributed by atoms with Crippen molar-refractivity contribution >= 4 is 15.9 Å². The van der Waals surface area contributed by atoms with Crippen LogP contribution in [0.25, 0.3) is 11.3 Å². The van der Waals surface area contributed by atoms with E-state index >= 15 is 0 Å². The summed E-state index contributed by atoms with van der Waals surface area (Å²) in [5, 5.41) is 3.51. The molecule has 0 saturated heterocycles. The van der Waals surface area contributed by atoms with Crippen LogP contribution in [0.4, 0.5) is 0 Å². The van der Waals surface area contributed by atoms with E-state index < -0.39 is 0 Å². The minimum atomic E-state index is 0.309. The summed E-state index contributed by atoms with van der Waals surface area (Å²) in [6.07, 6.45) is 2.17. The van der Waals surface area contributed by atoms with E-state index in [-0.39, 0.29) is 0 Å². The summed E-state index contributed by atoms with van der Waals surface area (Å²) in [5.41, 5.74) is 1.11. The lowest BCUT2D eigenvalue weighted by Gasteiger charge is -2.13. The van der Waals surface area contributed by atoms with Crippen molar-refractivity contribution in [3.8, 4) is 11.3 Å². The number of hydrogen-bond acceptors (Lipinski definition) is 2. The van der Waals surface area contributed by atoms with E-state index in [0.29, 0.717) is 6.04 Å². The molecule has 0 saturated carbocycles. The molecular weight excluding hydrogens is 302 g/mol. The number of halogens is 1. The third-order valence-electron chi connectivity index (χ3n) is 3.15. The lowest BCUT2D eigenvalue weighted by Crippen LogP contribution is -2.20. The summed E-state index contributed by atoms with van der Waals surface area (Å²) in [6, 6.07) is 12.6. The molecule has 19 heavy (non-hydrogen) atoms. The fourth-order valence-corrected chi connectivity index (χ4v) is 2.34. The van der Waals surface area contributed by atoms with Gasteiger partial charge in [-0.3, -0.25) is 0 Å². The Kier molecular flexibility index (Phi) is 5.23. The molecule has 0 aliphatic heterocycles. The van der Waals surface area contributed by atoms with Crippen molar-refractivity contribution < 1.29 is 4.42 Å². The fraction of sp³-hybridized carbons (Fsp3) is 0.375. The van der Waals surface area contributed by atoms with Crippen LogP contribution in [0, 0.1) is 0 Å². The molecule has 102 valence electrons. The van der Waals surface area contributed by atoms with Crippen molar-refractivity contribution in [1.82, 2.24) is 5.32 Å². The van der Waals surface area contributed by atoms with Gasteiger partial charge in [0.1, 0.15) is 11.5 Å². The first-order valence-electron chi connectivity index (χ1n) is 6.83. The second kappa shape index (κ2) is 6.92. The Bertz CT molecular complexity index is 504. The normalized spacial score (nSPS) is 12.6. The highest BCUT2D eigenvalue weighted by Crippen LogP contribution is 2.27. The van der Waals surface area contributed by atoms with Gasteiger partial charge in [0.25, 0.3) is 0 Å². The predicted molar refractivity (Wildman–Crippen MR) is 83.2 cm³/mol. The third kappa shape index (κ3) is 3.71. The Morgan fingerprint density at radius 1 is 1.11 bits per heavy atom. The first kappa shape index (κ1) is 14.4. The molecule has 0 aliphatic carbocycles. The van der Waals surface area contributed by atoms with Crippen LogP contribution in [0.2, 0.25) is 0 Å². The molecule has 0 spiro atoms. The van der Waals surface area contributed by atoms with Crippen molar-refractivity contribution in [2.24, 2.45) is 0 Å². The molecule has 0 bridgehead atoms. The number of furan rings is 1. The average Bonchev–Trinajstić information content (AvgIpc) is 2.90. The van der Waals surface area contributed by atoms with Crippen LogP contribution < -0.4 is 5.32 Å². The predicted octanol–water partition coefficient (Wildman–Crippen LogP) is 5.16. The Labute approximate surface area is 123 Å². The van der Waals surface area contributed by atoms with Crippen LogP contribution in [0.5, 0.6) is 0 Å². The summed E-state index contributed by atoms with van der Waals surface area (Å²) in [5.74, 6) is 1.95. The topological polar surface area (TPSA) is 25.2 Å². The van der Waals surface area contributed by atoms with Gasteiger partial charge in [0.15, 0.2) is 0 Å². The molecule has 1 aromatic carbocycles. The summed E-state index contributed by atoms with van der Waals surface area (Å²) in [7, 11) is 0. The molecule has 3 heteroatoms. The first-order chi connectivity index (χ1) is 9.24. The zero-order valence-electron chi connectivity index (χ0n) is 11.4. The van der Waals surface area contributed by atoms with Crippen LogP contribution in [0.1, 0.15) is 38.5 Å². The van der Waals surface area contributed by atoms with E-state index in [4.69, 9.17) is 4.42 Å². The van der Waals surface area contributed by atoms with Crippen molar-refractivity contribution in [3.05, 3.63) is 46.6 Å². The second-order valence-electron chi connectivity index (χ2n) is 4.62. The lowest BCUT2D eigenvalue weighted by molar-refractivity contribution is 0.411. The van der Waals surface area contributed by atoms with E-state index in [9.17, 15) is 0 Å². The molecule has 0 amide bonds. The number of nitrogens with one attached hydrogen (secondary N) is 1. The first-order valence-corrected chi connectivity index (χ1v) is 7.63. The van der Waals surface area contributed by atoms with Gasteiger partial charge in [-0.15, -0.1) is 0 Å². The molecule has 0 radical (unpaired) electrons. The van der Waals surface area contributed by atoms with Gasteiger partial charge in [0.2, 0.25) is 0 Å². The number of benzene rings is 1. The van der Waals surface area contributed by atoms with Crippen LogP contribution in [-0.2, 0) is 0 Å². The SMILES string of the molecule is CCCNC(CC)c1ccc(-c2ccc(Br)cc2)o1. The second-order valence-corrected chi connectivity index (χ2v) is 5.54. The van der Waals surface area contributed by atoms with E-state index in [1.807, 2.05) is 12.1 Å². The van der Waals surface area contributed by atoms with Gasteiger partial charge in [-0.25, -0.2) is 0 Å². The minimum absolute atomic E-state index is 0.309. The highest BCUT2D eigenvalue weighted by atomic mass is 79.9. The van der Waals surface area contributed by atoms with Crippen LogP contribution in [0.3, 0.4) is 0 Å². The zero-order chi connectivity index (χ0) is 13.7. The molecule has 2 aromatic rings. The minimum Gasteiger partial charge on any atom is -0.459 e. The van der Waals surface area contributed by atoms with Gasteiger partial charge in [0.05, 0.1) is 6.04 Å². The smallest absolute Gasteiger partial charge is 0.134 e. The van der Waals surface area contributed by atoms with Crippen LogP contribution >= 0.6 is 15.9 Å². The maximum Gasteiger partial charge on any atom is 0.134 e. The molecule has 1 N–H and O–H groups in total. The summed E-state index contributed by atoms with van der Waals surface area (Å²) >= 11 is 3.45. The zero-order valence-corrected chi connectivity index (χ0v) is 13.0. The van der Waals surface area contributed by atoms with E-state index in [1.165, 1.54) is 0 Å². The van der Waals surface area contributed by atoms with Gasteiger partial charge in [-0.05, 0) is 43.7 Å². The standard InChI is InChI=1S/C16H20BrNO/c1-3-11-18-14(4-2)16-10-9-15(19-16)12-5-7-13(17)8-6-12/h5-10,14,18H,3-4,11H2,1-2H3. The van der Waals surface area contributed by atoms with Gasteiger partial charge in [-0.2, -0.15) is 0 Å². The number of rotatable bonds is 6. The summed E-state index contributed by atoms with van der Waals surface area (Å²) in [6.45, 7) is 5.37. The van der Waals surface area contributed by atoms with E-state index in [2.05, 4.69) is 59.4 Å².